The predicted octanol–water partition coefficient (Wildman–Crippen LogP) is 5.51. The highest BCUT2D eigenvalue weighted by molar-refractivity contribution is 6.74. The van der Waals surface area contributed by atoms with Crippen molar-refractivity contribution >= 4 is 8.32 Å². The van der Waals surface area contributed by atoms with E-state index in [1.165, 1.54) is 6.07 Å². The van der Waals surface area contributed by atoms with Crippen molar-refractivity contribution in [2.45, 2.75) is 65.1 Å². The van der Waals surface area contributed by atoms with E-state index in [1.54, 1.807) is 12.1 Å². The monoisotopic (exact) mass is 282 g/mol. The fourth-order valence-corrected chi connectivity index (χ4v) is 2.64. The van der Waals surface area contributed by atoms with E-state index in [0.717, 1.165) is 11.3 Å². The third-order valence-electron chi connectivity index (χ3n) is 3.92. The van der Waals surface area contributed by atoms with Crippen LogP contribution in [-0.2, 0) is 5.41 Å². The van der Waals surface area contributed by atoms with Crippen LogP contribution >= 0.6 is 0 Å². The molecule has 0 aliphatic rings. The molecule has 0 spiro atoms. The summed E-state index contributed by atoms with van der Waals surface area (Å²) in [7, 11) is -1.90. The van der Waals surface area contributed by atoms with Gasteiger partial charge in [-0.1, -0.05) is 41.5 Å². The first-order valence-electron chi connectivity index (χ1n) is 6.84. The highest BCUT2D eigenvalue weighted by Gasteiger charge is 2.39. The molecule has 0 saturated carbocycles. The molecular formula is C16H27FOSi. The number of benzene rings is 1. The Labute approximate surface area is 118 Å². The van der Waals surface area contributed by atoms with Crippen LogP contribution in [0.25, 0.3) is 0 Å². The van der Waals surface area contributed by atoms with E-state index in [2.05, 4.69) is 54.6 Å². The Morgan fingerprint density at radius 1 is 1.00 bits per heavy atom. The van der Waals surface area contributed by atoms with Gasteiger partial charge in [0.15, 0.2) is 0 Å². The molecule has 0 saturated heterocycles. The zero-order chi connectivity index (χ0) is 15.1. The molecule has 1 aromatic carbocycles. The van der Waals surface area contributed by atoms with E-state index >= 15 is 0 Å². The maximum absolute atomic E-state index is 13.5. The minimum atomic E-state index is -1.90. The average Bonchev–Trinajstić information content (AvgIpc) is 2.17. The Kier molecular flexibility index (Phi) is 4.21. The van der Waals surface area contributed by atoms with Gasteiger partial charge in [-0.3, -0.25) is 0 Å². The molecule has 19 heavy (non-hydrogen) atoms. The lowest BCUT2D eigenvalue weighted by Crippen LogP contribution is -2.44. The van der Waals surface area contributed by atoms with Crippen LogP contribution in [0.15, 0.2) is 18.2 Å². The quantitative estimate of drug-likeness (QED) is 0.650. The van der Waals surface area contributed by atoms with Crippen LogP contribution in [-0.4, -0.2) is 8.32 Å². The van der Waals surface area contributed by atoms with Gasteiger partial charge in [0.25, 0.3) is 0 Å². The summed E-state index contributed by atoms with van der Waals surface area (Å²) < 4.78 is 19.9. The number of hydrogen-bond donors (Lipinski definition) is 0. The number of hydrogen-bond acceptors (Lipinski definition) is 1. The summed E-state index contributed by atoms with van der Waals surface area (Å²) in [6, 6.07) is 4.86. The summed E-state index contributed by atoms with van der Waals surface area (Å²) in [5.41, 5.74) is 0.817. The van der Waals surface area contributed by atoms with Crippen molar-refractivity contribution in [3.05, 3.63) is 29.6 Å². The molecule has 1 aromatic rings. The van der Waals surface area contributed by atoms with E-state index < -0.39 is 8.32 Å². The SMILES string of the molecule is CC(C)(C)c1cc(F)ccc1O[Si](C)(C)C(C)(C)C. The van der Waals surface area contributed by atoms with Crippen LogP contribution in [0.1, 0.15) is 47.1 Å². The Morgan fingerprint density at radius 2 is 1.53 bits per heavy atom. The first-order valence-corrected chi connectivity index (χ1v) is 9.74. The summed E-state index contributed by atoms with van der Waals surface area (Å²) in [4.78, 5) is 0. The standard InChI is InChI=1S/C16H27FOSi/c1-15(2,3)13-11-12(17)9-10-14(13)18-19(7,8)16(4,5)6/h9-11H,1-8H3. The molecule has 108 valence electrons. The molecule has 0 bridgehead atoms. The maximum Gasteiger partial charge on any atom is 0.250 e. The van der Waals surface area contributed by atoms with Crippen LogP contribution in [0.5, 0.6) is 5.75 Å². The highest BCUT2D eigenvalue weighted by Crippen LogP contribution is 2.40. The van der Waals surface area contributed by atoms with Gasteiger partial charge in [0.05, 0.1) is 0 Å². The fraction of sp³-hybridized carbons (Fsp3) is 0.625. The van der Waals surface area contributed by atoms with Gasteiger partial charge < -0.3 is 4.43 Å². The molecule has 0 aliphatic carbocycles. The van der Waals surface area contributed by atoms with Gasteiger partial charge in [0, 0.05) is 5.56 Å². The normalized spacial score (nSPS) is 13.5. The summed E-state index contributed by atoms with van der Waals surface area (Å²) in [5, 5.41) is 0.135. The van der Waals surface area contributed by atoms with E-state index in [-0.39, 0.29) is 16.3 Å². The molecule has 1 nitrogen and oxygen atoms in total. The molecule has 0 N–H and O–H groups in total. The molecule has 0 atom stereocenters. The first-order chi connectivity index (χ1) is 8.34. The second kappa shape index (κ2) is 4.93. The molecule has 0 fully saturated rings. The third kappa shape index (κ3) is 3.82. The van der Waals surface area contributed by atoms with Crippen molar-refractivity contribution in [1.82, 2.24) is 0 Å². The van der Waals surface area contributed by atoms with E-state index in [9.17, 15) is 4.39 Å². The molecule has 3 heteroatoms. The Hall–Kier alpha value is -0.833. The van der Waals surface area contributed by atoms with Crippen LogP contribution in [0, 0.1) is 5.82 Å². The van der Waals surface area contributed by atoms with Crippen molar-refractivity contribution in [2.75, 3.05) is 0 Å². The largest absolute Gasteiger partial charge is 0.543 e. The van der Waals surface area contributed by atoms with E-state index in [0.29, 0.717) is 0 Å². The number of halogens is 1. The molecule has 0 aliphatic heterocycles. The molecular weight excluding hydrogens is 255 g/mol. The Morgan fingerprint density at radius 3 is 1.95 bits per heavy atom. The minimum absolute atomic E-state index is 0.125. The van der Waals surface area contributed by atoms with Crippen molar-refractivity contribution in [2.24, 2.45) is 0 Å². The summed E-state index contributed by atoms with van der Waals surface area (Å²) in [6.45, 7) is 17.3. The molecule has 0 radical (unpaired) electrons. The van der Waals surface area contributed by atoms with Crippen LogP contribution in [0.4, 0.5) is 4.39 Å². The van der Waals surface area contributed by atoms with Gasteiger partial charge in [-0.25, -0.2) is 4.39 Å². The van der Waals surface area contributed by atoms with Gasteiger partial charge in [-0.15, -0.1) is 0 Å². The predicted molar refractivity (Wildman–Crippen MR) is 82.9 cm³/mol. The average molecular weight is 282 g/mol. The van der Waals surface area contributed by atoms with Gasteiger partial charge in [-0.2, -0.15) is 0 Å². The summed E-state index contributed by atoms with van der Waals surface area (Å²) in [5.74, 6) is 0.632. The van der Waals surface area contributed by atoms with Crippen LogP contribution < -0.4 is 4.43 Å². The fourth-order valence-electron chi connectivity index (χ4n) is 1.61. The highest BCUT2D eigenvalue weighted by atomic mass is 28.4. The van der Waals surface area contributed by atoms with E-state index in [1.807, 2.05) is 0 Å². The number of rotatable bonds is 2. The first kappa shape index (κ1) is 16.2. The van der Waals surface area contributed by atoms with Crippen molar-refractivity contribution in [3.8, 4) is 5.75 Å². The lowest BCUT2D eigenvalue weighted by Gasteiger charge is -2.38. The second-order valence-corrected chi connectivity index (χ2v) is 12.5. The van der Waals surface area contributed by atoms with E-state index in [4.69, 9.17) is 4.43 Å². The van der Waals surface area contributed by atoms with Gasteiger partial charge in [-0.05, 0) is 41.7 Å². The Bertz CT molecular complexity index is 453. The van der Waals surface area contributed by atoms with Gasteiger partial charge in [0.1, 0.15) is 11.6 Å². The zero-order valence-corrected chi connectivity index (χ0v) is 14.5. The summed E-state index contributed by atoms with van der Waals surface area (Å²) >= 11 is 0. The van der Waals surface area contributed by atoms with Crippen molar-refractivity contribution < 1.29 is 8.82 Å². The lowest BCUT2D eigenvalue weighted by atomic mass is 9.86. The molecule has 0 unspecified atom stereocenters. The minimum Gasteiger partial charge on any atom is -0.543 e. The zero-order valence-electron chi connectivity index (χ0n) is 13.5. The molecule has 1 rings (SSSR count). The lowest BCUT2D eigenvalue weighted by molar-refractivity contribution is 0.464. The van der Waals surface area contributed by atoms with Crippen LogP contribution in [0.3, 0.4) is 0 Å². The maximum atomic E-state index is 13.5. The van der Waals surface area contributed by atoms with Gasteiger partial charge in [0.2, 0.25) is 8.32 Å². The smallest absolute Gasteiger partial charge is 0.250 e. The van der Waals surface area contributed by atoms with Crippen LogP contribution in [0.2, 0.25) is 18.1 Å². The van der Waals surface area contributed by atoms with Gasteiger partial charge >= 0.3 is 0 Å². The third-order valence-corrected chi connectivity index (χ3v) is 8.26. The molecule has 0 heterocycles. The molecule has 0 amide bonds. The second-order valence-electron chi connectivity index (χ2n) is 7.75. The Balaban J connectivity index is 3.23. The topological polar surface area (TPSA) is 9.23 Å². The summed E-state index contributed by atoms with van der Waals surface area (Å²) in [6.07, 6.45) is 0. The van der Waals surface area contributed by atoms with Crippen molar-refractivity contribution in [3.63, 3.8) is 0 Å². The van der Waals surface area contributed by atoms with Crippen molar-refractivity contribution in [1.29, 1.82) is 0 Å². The molecule has 0 aromatic heterocycles.